The van der Waals surface area contributed by atoms with Gasteiger partial charge in [0, 0.05) is 25.6 Å². The minimum absolute atomic E-state index is 0.152. The maximum atomic E-state index is 11.7. The maximum Gasteiger partial charge on any atom is 0.220 e. The molecule has 0 spiro atoms. The van der Waals surface area contributed by atoms with E-state index in [-0.39, 0.29) is 11.9 Å². The normalized spacial score (nSPS) is 32.9. The second-order valence-corrected chi connectivity index (χ2v) is 5.33. The molecule has 0 radical (unpaired) electrons. The summed E-state index contributed by atoms with van der Waals surface area (Å²) in [4.78, 5) is 11.7. The van der Waals surface area contributed by atoms with Gasteiger partial charge < -0.3 is 15.8 Å². The molecule has 2 fully saturated rings. The predicted molar refractivity (Wildman–Crippen MR) is 66.5 cm³/mol. The first kappa shape index (κ1) is 12.8. The first-order valence-electron chi connectivity index (χ1n) is 6.89. The van der Waals surface area contributed by atoms with E-state index >= 15 is 0 Å². The van der Waals surface area contributed by atoms with Crippen LogP contribution in [0.15, 0.2) is 0 Å². The molecule has 2 aliphatic rings. The largest absolute Gasteiger partial charge is 0.378 e. The number of hydrogen-bond donors (Lipinski definition) is 2. The molecule has 1 heterocycles. The summed E-state index contributed by atoms with van der Waals surface area (Å²) < 4.78 is 5.50. The molecule has 0 bridgehead atoms. The van der Waals surface area contributed by atoms with Crippen molar-refractivity contribution in [2.45, 2.75) is 57.1 Å². The number of nitrogens with one attached hydrogen (secondary N) is 1. The third-order valence-corrected chi connectivity index (χ3v) is 4.00. The monoisotopic (exact) mass is 240 g/mol. The molecule has 1 aliphatic carbocycles. The molecule has 1 saturated heterocycles. The molecule has 2 rings (SSSR count). The summed E-state index contributed by atoms with van der Waals surface area (Å²) in [6.07, 6.45) is 7.50. The lowest BCUT2D eigenvalue weighted by atomic mass is 10.0. The second-order valence-electron chi connectivity index (χ2n) is 5.33. The van der Waals surface area contributed by atoms with Crippen LogP contribution in [0.5, 0.6) is 0 Å². The van der Waals surface area contributed by atoms with E-state index in [1.807, 2.05) is 0 Å². The lowest BCUT2D eigenvalue weighted by Gasteiger charge is -2.16. The zero-order valence-electron chi connectivity index (χ0n) is 10.5. The van der Waals surface area contributed by atoms with Gasteiger partial charge in [0.25, 0.3) is 0 Å². The summed E-state index contributed by atoms with van der Waals surface area (Å²) in [5.74, 6) is 0.640. The van der Waals surface area contributed by atoms with Crippen LogP contribution in [0.25, 0.3) is 0 Å². The minimum atomic E-state index is 0.152. The number of rotatable bonds is 5. The summed E-state index contributed by atoms with van der Waals surface area (Å²) in [7, 11) is 0. The van der Waals surface area contributed by atoms with Crippen LogP contribution in [0.4, 0.5) is 0 Å². The molecule has 0 aromatic heterocycles. The van der Waals surface area contributed by atoms with E-state index in [0.717, 1.165) is 45.3 Å². The first-order chi connectivity index (χ1) is 8.25. The topological polar surface area (TPSA) is 64.3 Å². The van der Waals surface area contributed by atoms with Crippen molar-refractivity contribution in [2.75, 3.05) is 13.2 Å². The number of carbonyl (C=O) groups is 1. The van der Waals surface area contributed by atoms with Gasteiger partial charge in [-0.1, -0.05) is 6.42 Å². The van der Waals surface area contributed by atoms with E-state index in [1.165, 1.54) is 6.42 Å². The summed E-state index contributed by atoms with van der Waals surface area (Å²) >= 11 is 0. The van der Waals surface area contributed by atoms with Gasteiger partial charge in [-0.3, -0.25) is 4.79 Å². The Kier molecular flexibility index (Phi) is 4.80. The van der Waals surface area contributed by atoms with Gasteiger partial charge in [0.05, 0.1) is 6.10 Å². The van der Waals surface area contributed by atoms with Crippen LogP contribution in [0.3, 0.4) is 0 Å². The fraction of sp³-hybridized carbons (Fsp3) is 0.923. The van der Waals surface area contributed by atoms with E-state index < -0.39 is 0 Å². The quantitative estimate of drug-likeness (QED) is 0.758. The smallest absolute Gasteiger partial charge is 0.220 e. The van der Waals surface area contributed by atoms with E-state index in [1.54, 1.807) is 0 Å². The fourth-order valence-electron chi connectivity index (χ4n) is 2.82. The van der Waals surface area contributed by atoms with Crippen LogP contribution < -0.4 is 11.1 Å². The van der Waals surface area contributed by atoms with Gasteiger partial charge >= 0.3 is 0 Å². The molecular weight excluding hydrogens is 216 g/mol. The average molecular weight is 240 g/mol. The van der Waals surface area contributed by atoms with Crippen molar-refractivity contribution in [3.8, 4) is 0 Å². The number of hydrogen-bond acceptors (Lipinski definition) is 3. The molecule has 1 saturated carbocycles. The SMILES string of the molecule is NC1CCCC1CNC(=O)CCC1CCCO1. The van der Waals surface area contributed by atoms with Crippen LogP contribution in [0, 0.1) is 5.92 Å². The zero-order chi connectivity index (χ0) is 12.1. The highest BCUT2D eigenvalue weighted by atomic mass is 16.5. The number of amides is 1. The summed E-state index contributed by atoms with van der Waals surface area (Å²) in [5.41, 5.74) is 5.97. The molecule has 17 heavy (non-hydrogen) atoms. The van der Waals surface area contributed by atoms with Gasteiger partial charge in [0.1, 0.15) is 0 Å². The van der Waals surface area contributed by atoms with Crippen LogP contribution >= 0.6 is 0 Å². The van der Waals surface area contributed by atoms with E-state index in [0.29, 0.717) is 18.4 Å². The first-order valence-corrected chi connectivity index (χ1v) is 6.89. The molecule has 4 nitrogen and oxygen atoms in total. The fourth-order valence-corrected chi connectivity index (χ4v) is 2.82. The molecule has 0 aromatic rings. The highest BCUT2D eigenvalue weighted by Gasteiger charge is 2.24. The number of nitrogens with two attached hydrogens (primary N) is 1. The highest BCUT2D eigenvalue weighted by molar-refractivity contribution is 5.75. The van der Waals surface area contributed by atoms with Gasteiger partial charge in [-0.25, -0.2) is 0 Å². The standard InChI is InChI=1S/C13H24N2O2/c14-12-5-1-3-10(12)9-15-13(16)7-6-11-4-2-8-17-11/h10-12H,1-9,14H2,(H,15,16). The van der Waals surface area contributed by atoms with E-state index in [9.17, 15) is 4.79 Å². The Labute approximate surface area is 103 Å². The lowest BCUT2D eigenvalue weighted by Crippen LogP contribution is -2.36. The van der Waals surface area contributed by atoms with Crippen LogP contribution in [0.1, 0.15) is 44.9 Å². The summed E-state index contributed by atoms with van der Waals surface area (Å²) in [5, 5.41) is 3.00. The Balaban J connectivity index is 1.57. The number of ether oxygens (including phenoxy) is 1. The van der Waals surface area contributed by atoms with Gasteiger partial charge in [-0.05, 0) is 38.0 Å². The van der Waals surface area contributed by atoms with Crippen molar-refractivity contribution in [1.82, 2.24) is 5.32 Å². The lowest BCUT2D eigenvalue weighted by molar-refractivity contribution is -0.121. The molecule has 4 heteroatoms. The van der Waals surface area contributed by atoms with Crippen molar-refractivity contribution in [2.24, 2.45) is 11.7 Å². The van der Waals surface area contributed by atoms with Crippen LogP contribution in [0.2, 0.25) is 0 Å². The molecular formula is C13H24N2O2. The summed E-state index contributed by atoms with van der Waals surface area (Å²) in [6, 6.07) is 0.286. The van der Waals surface area contributed by atoms with Crippen LogP contribution in [-0.4, -0.2) is 31.2 Å². The molecule has 98 valence electrons. The van der Waals surface area contributed by atoms with Crippen molar-refractivity contribution in [3.63, 3.8) is 0 Å². The average Bonchev–Trinajstić information content (AvgIpc) is 2.95. The Bertz CT molecular complexity index is 252. The van der Waals surface area contributed by atoms with Crippen molar-refractivity contribution >= 4 is 5.91 Å². The highest BCUT2D eigenvalue weighted by Crippen LogP contribution is 2.23. The van der Waals surface area contributed by atoms with Gasteiger partial charge in [0.15, 0.2) is 0 Å². The molecule has 3 N–H and O–H groups in total. The molecule has 0 aromatic carbocycles. The Morgan fingerprint density at radius 3 is 2.82 bits per heavy atom. The van der Waals surface area contributed by atoms with Crippen molar-refractivity contribution in [3.05, 3.63) is 0 Å². The zero-order valence-corrected chi connectivity index (χ0v) is 10.5. The van der Waals surface area contributed by atoms with Gasteiger partial charge in [0.2, 0.25) is 5.91 Å². The minimum Gasteiger partial charge on any atom is -0.378 e. The molecule has 3 unspecified atom stereocenters. The second kappa shape index (κ2) is 6.36. The Hall–Kier alpha value is -0.610. The van der Waals surface area contributed by atoms with Crippen LogP contribution in [-0.2, 0) is 9.53 Å². The molecule has 1 amide bonds. The van der Waals surface area contributed by atoms with Crippen molar-refractivity contribution < 1.29 is 9.53 Å². The van der Waals surface area contributed by atoms with E-state index in [2.05, 4.69) is 5.32 Å². The third kappa shape index (κ3) is 3.96. The maximum absolute atomic E-state index is 11.7. The van der Waals surface area contributed by atoms with Gasteiger partial charge in [-0.15, -0.1) is 0 Å². The Morgan fingerprint density at radius 1 is 1.29 bits per heavy atom. The van der Waals surface area contributed by atoms with Crippen molar-refractivity contribution in [1.29, 1.82) is 0 Å². The third-order valence-electron chi connectivity index (χ3n) is 4.00. The van der Waals surface area contributed by atoms with E-state index in [4.69, 9.17) is 10.5 Å². The van der Waals surface area contributed by atoms with Gasteiger partial charge in [-0.2, -0.15) is 0 Å². The number of carbonyl (C=O) groups excluding carboxylic acids is 1. The predicted octanol–water partition coefficient (Wildman–Crippen LogP) is 1.19. The molecule has 3 atom stereocenters. The Morgan fingerprint density at radius 2 is 2.18 bits per heavy atom. The summed E-state index contributed by atoms with van der Waals surface area (Å²) in [6.45, 7) is 1.62. The molecule has 1 aliphatic heterocycles.